The molecule has 1 aromatic heterocycles. The van der Waals surface area contributed by atoms with Crippen molar-refractivity contribution in [1.82, 2.24) is 4.98 Å². The van der Waals surface area contributed by atoms with Gasteiger partial charge in [0.05, 0.1) is 18.3 Å². The van der Waals surface area contributed by atoms with Crippen LogP contribution in [0.2, 0.25) is 0 Å². The molecule has 3 aromatic rings. The van der Waals surface area contributed by atoms with E-state index in [-0.39, 0.29) is 53.6 Å². The van der Waals surface area contributed by atoms with Crippen LogP contribution in [0.5, 0.6) is 11.6 Å². The molecule has 7 nitrogen and oxygen atoms in total. The van der Waals surface area contributed by atoms with Crippen LogP contribution >= 0.6 is 0 Å². The summed E-state index contributed by atoms with van der Waals surface area (Å²) in [6.07, 6.45) is 3.75. The van der Waals surface area contributed by atoms with Crippen LogP contribution in [0.4, 0.5) is 8.78 Å². The van der Waals surface area contributed by atoms with Gasteiger partial charge in [-0.25, -0.2) is 22.2 Å². The van der Waals surface area contributed by atoms with Crippen LogP contribution in [-0.2, 0) is 27.7 Å². The average molecular weight is 544 g/mol. The van der Waals surface area contributed by atoms with E-state index in [0.29, 0.717) is 29.8 Å². The van der Waals surface area contributed by atoms with Crippen molar-refractivity contribution in [2.24, 2.45) is 11.8 Å². The van der Waals surface area contributed by atoms with E-state index in [1.165, 1.54) is 12.1 Å². The van der Waals surface area contributed by atoms with Gasteiger partial charge in [0.15, 0.2) is 0 Å². The zero-order valence-corrected chi connectivity index (χ0v) is 21.7. The molecule has 0 saturated heterocycles. The van der Waals surface area contributed by atoms with Gasteiger partial charge in [-0.15, -0.1) is 0 Å². The molecule has 1 fully saturated rings. The van der Waals surface area contributed by atoms with E-state index >= 15 is 0 Å². The smallest absolute Gasteiger partial charge is 0.307 e. The van der Waals surface area contributed by atoms with E-state index < -0.39 is 27.4 Å². The number of halogens is 2. The highest BCUT2D eigenvalue weighted by Gasteiger charge is 2.59. The Bertz CT molecular complexity index is 1520. The maximum Gasteiger partial charge on any atom is 0.307 e. The molecule has 2 aliphatic carbocycles. The van der Waals surface area contributed by atoms with Gasteiger partial charge < -0.3 is 14.6 Å². The molecule has 2 aliphatic rings. The minimum Gasteiger partial charge on any atom is -0.493 e. The molecule has 38 heavy (non-hydrogen) atoms. The fourth-order valence-electron chi connectivity index (χ4n) is 5.27. The molecule has 1 saturated carbocycles. The summed E-state index contributed by atoms with van der Waals surface area (Å²) in [5.74, 6) is -1.44. The van der Waals surface area contributed by atoms with Crippen LogP contribution in [0, 0.1) is 30.4 Å². The molecular weight excluding hydrogens is 516 g/mol. The molecular formula is C28H27F2NO6S. The quantitative estimate of drug-likeness (QED) is 0.370. The number of aromatic nitrogens is 1. The average Bonchev–Trinajstić information content (AvgIpc) is 3.44. The molecule has 10 heteroatoms. The molecule has 0 amide bonds. The van der Waals surface area contributed by atoms with E-state index in [4.69, 9.17) is 9.47 Å². The minimum absolute atomic E-state index is 0.0135. The van der Waals surface area contributed by atoms with Crippen LogP contribution in [0.3, 0.4) is 0 Å². The van der Waals surface area contributed by atoms with Crippen molar-refractivity contribution in [1.29, 1.82) is 0 Å². The maximum atomic E-state index is 15.0. The van der Waals surface area contributed by atoms with E-state index in [1.54, 1.807) is 37.4 Å². The summed E-state index contributed by atoms with van der Waals surface area (Å²) in [5.41, 5.74) is 3.52. The summed E-state index contributed by atoms with van der Waals surface area (Å²) in [6, 6.07) is 9.02. The Morgan fingerprint density at radius 1 is 1.11 bits per heavy atom. The third-order valence-electron chi connectivity index (χ3n) is 7.20. The van der Waals surface area contributed by atoms with Crippen LogP contribution in [-0.4, -0.2) is 43.1 Å². The van der Waals surface area contributed by atoms with Crippen LogP contribution in [0.1, 0.15) is 34.6 Å². The number of hydrogen-bond acceptors (Lipinski definition) is 6. The summed E-state index contributed by atoms with van der Waals surface area (Å²) in [6.45, 7) is 1.72. The monoisotopic (exact) mass is 543 g/mol. The van der Waals surface area contributed by atoms with Gasteiger partial charge in [0.1, 0.15) is 33.8 Å². The highest BCUT2D eigenvalue weighted by atomic mass is 32.2. The predicted molar refractivity (Wildman–Crippen MR) is 136 cm³/mol. The number of hydrogen-bond donors (Lipinski definition) is 1. The summed E-state index contributed by atoms with van der Waals surface area (Å²) >= 11 is 0. The van der Waals surface area contributed by atoms with Crippen molar-refractivity contribution in [2.45, 2.75) is 32.3 Å². The number of nitrogens with zero attached hydrogens (tertiary/aromatic N) is 1. The van der Waals surface area contributed by atoms with Gasteiger partial charge in [0.25, 0.3) is 0 Å². The molecule has 0 radical (unpaired) electrons. The fourth-order valence-corrected chi connectivity index (χ4v) is 5.91. The van der Waals surface area contributed by atoms with Crippen LogP contribution in [0.15, 0.2) is 42.6 Å². The highest BCUT2D eigenvalue weighted by molar-refractivity contribution is 7.90. The standard InChI is InChI=1S/C28H27F2NO6S/c1-15-8-23(29)17(14-37-25-11-16-9-21-26(22(16)13-31-25)27(21)28(32)33)10-20(15)19-5-4-18(12-24(19)30)36-6-3-7-38(2,34)35/h4-5,8,10-13,21,26-27H,3,6-7,9,14H2,1-2H3,(H,32,33)/t21-,26-,27+/m1/s1. The SMILES string of the molecule is Cc1cc(F)c(COc2cc3c(cn2)[C@H]2[C@@H](C3)[C@@H]2C(=O)O)cc1-c1ccc(OCCCS(C)(=O)=O)cc1F. The van der Waals surface area contributed by atoms with Gasteiger partial charge in [-0.3, -0.25) is 4.79 Å². The van der Waals surface area contributed by atoms with Crippen molar-refractivity contribution < 1.29 is 36.6 Å². The zero-order chi connectivity index (χ0) is 27.2. The lowest BCUT2D eigenvalue weighted by molar-refractivity contribution is -0.139. The van der Waals surface area contributed by atoms with Crippen molar-refractivity contribution in [2.75, 3.05) is 18.6 Å². The number of ether oxygens (including phenoxy) is 2. The van der Waals surface area contributed by atoms with Gasteiger partial charge in [-0.1, -0.05) is 0 Å². The van der Waals surface area contributed by atoms with Crippen LogP contribution < -0.4 is 9.47 Å². The van der Waals surface area contributed by atoms with Gasteiger partial charge in [0, 0.05) is 41.6 Å². The number of aryl methyl sites for hydroxylation is 1. The number of aliphatic carboxylic acids is 1. The number of carbonyl (C=O) groups is 1. The largest absolute Gasteiger partial charge is 0.493 e. The highest BCUT2D eigenvalue weighted by Crippen LogP contribution is 2.61. The molecule has 5 rings (SSSR count). The van der Waals surface area contributed by atoms with E-state index in [9.17, 15) is 27.1 Å². The van der Waals surface area contributed by atoms with E-state index in [1.807, 2.05) is 0 Å². The first kappa shape index (κ1) is 26.1. The van der Waals surface area contributed by atoms with Crippen molar-refractivity contribution >= 4 is 15.8 Å². The number of rotatable bonds is 10. The molecule has 0 aliphatic heterocycles. The Morgan fingerprint density at radius 2 is 1.89 bits per heavy atom. The summed E-state index contributed by atoms with van der Waals surface area (Å²) in [5, 5.41) is 9.27. The number of carboxylic acids is 1. The fraction of sp³-hybridized carbons (Fsp3) is 0.357. The van der Waals surface area contributed by atoms with Crippen molar-refractivity contribution in [3.8, 4) is 22.8 Å². The van der Waals surface area contributed by atoms with Crippen molar-refractivity contribution in [3.05, 3.63) is 76.5 Å². The minimum atomic E-state index is -3.09. The molecule has 0 bridgehead atoms. The lowest BCUT2D eigenvalue weighted by atomic mass is 9.97. The molecule has 2 aromatic carbocycles. The Balaban J connectivity index is 1.27. The lowest BCUT2D eigenvalue weighted by Gasteiger charge is -2.14. The number of carboxylic acid groups (broad SMARTS) is 1. The van der Waals surface area contributed by atoms with Gasteiger partial charge >= 0.3 is 5.97 Å². The Labute approximate surface area is 219 Å². The van der Waals surface area contributed by atoms with E-state index in [0.717, 1.165) is 17.4 Å². The molecule has 200 valence electrons. The molecule has 1 heterocycles. The summed E-state index contributed by atoms with van der Waals surface area (Å²) < 4.78 is 63.4. The summed E-state index contributed by atoms with van der Waals surface area (Å²) in [4.78, 5) is 15.6. The first-order valence-corrected chi connectivity index (χ1v) is 14.3. The molecule has 1 N–H and O–H groups in total. The second-order valence-corrected chi connectivity index (χ2v) is 12.3. The number of benzene rings is 2. The predicted octanol–water partition coefficient (Wildman–Crippen LogP) is 4.70. The molecule has 0 spiro atoms. The second kappa shape index (κ2) is 9.98. The Kier molecular flexibility index (Phi) is 6.85. The van der Waals surface area contributed by atoms with Gasteiger partial charge in [-0.2, -0.15) is 0 Å². The second-order valence-electron chi connectivity index (χ2n) is 10.00. The zero-order valence-electron chi connectivity index (χ0n) is 20.9. The third-order valence-corrected chi connectivity index (χ3v) is 8.23. The lowest BCUT2D eigenvalue weighted by Crippen LogP contribution is -2.08. The molecule has 0 unspecified atom stereocenters. The number of pyridine rings is 1. The molecule has 3 atom stereocenters. The first-order valence-electron chi connectivity index (χ1n) is 12.3. The third kappa shape index (κ3) is 5.36. The number of sulfone groups is 1. The first-order chi connectivity index (χ1) is 18.0. The Morgan fingerprint density at radius 3 is 2.61 bits per heavy atom. The summed E-state index contributed by atoms with van der Waals surface area (Å²) in [7, 11) is -3.09. The van der Waals surface area contributed by atoms with Crippen LogP contribution in [0.25, 0.3) is 11.1 Å². The maximum absolute atomic E-state index is 15.0. The van der Waals surface area contributed by atoms with Gasteiger partial charge in [0.2, 0.25) is 5.88 Å². The van der Waals surface area contributed by atoms with E-state index in [2.05, 4.69) is 4.98 Å². The van der Waals surface area contributed by atoms with Crippen molar-refractivity contribution in [3.63, 3.8) is 0 Å². The van der Waals surface area contributed by atoms with Gasteiger partial charge in [-0.05, 0) is 72.2 Å². The Hall–Kier alpha value is -3.53. The normalized spacial score (nSPS) is 19.5. The number of fused-ring (bicyclic) bond motifs is 3. The topological polar surface area (TPSA) is 103 Å².